The van der Waals surface area contributed by atoms with Crippen LogP contribution in [0.1, 0.15) is 29.5 Å². The van der Waals surface area contributed by atoms with Gasteiger partial charge < -0.3 is 9.80 Å². The zero-order valence-corrected chi connectivity index (χ0v) is 17.7. The molecule has 2 saturated heterocycles. The van der Waals surface area contributed by atoms with E-state index in [9.17, 15) is 4.79 Å². The molecular formula is C20H25BrN6O. The number of piperazine rings is 1. The summed E-state index contributed by atoms with van der Waals surface area (Å²) in [6, 6.07) is 10.2. The molecule has 2 atom stereocenters. The normalized spacial score (nSPS) is 22.5. The quantitative estimate of drug-likeness (QED) is 0.754. The monoisotopic (exact) mass is 444 g/mol. The van der Waals surface area contributed by atoms with Crippen molar-refractivity contribution in [2.24, 2.45) is 0 Å². The lowest BCUT2D eigenvalue weighted by atomic mass is 10.0. The Morgan fingerprint density at radius 1 is 1.07 bits per heavy atom. The minimum Gasteiger partial charge on any atom is -0.353 e. The Bertz CT molecular complexity index is 830. The van der Waals surface area contributed by atoms with Crippen molar-refractivity contribution in [3.63, 3.8) is 0 Å². The smallest absolute Gasteiger partial charge is 0.241 e. The van der Waals surface area contributed by atoms with E-state index in [2.05, 4.69) is 53.8 Å². The van der Waals surface area contributed by atoms with Crippen LogP contribution in [0.4, 0.5) is 5.82 Å². The van der Waals surface area contributed by atoms with Gasteiger partial charge in [-0.2, -0.15) is 0 Å². The van der Waals surface area contributed by atoms with Crippen LogP contribution in [0, 0.1) is 13.8 Å². The van der Waals surface area contributed by atoms with Gasteiger partial charge in [0.1, 0.15) is 17.7 Å². The molecule has 8 heteroatoms. The van der Waals surface area contributed by atoms with Crippen molar-refractivity contribution in [2.75, 3.05) is 31.1 Å². The number of aromatic nitrogens is 2. The number of anilines is 1. The average molecular weight is 445 g/mol. The summed E-state index contributed by atoms with van der Waals surface area (Å²) in [7, 11) is 0. The Morgan fingerprint density at radius 2 is 1.79 bits per heavy atom. The fraction of sp³-hybridized carbons (Fsp3) is 0.450. The summed E-state index contributed by atoms with van der Waals surface area (Å²) in [6.07, 6.45) is 0.755. The number of hydrogen-bond donors (Lipinski definition) is 2. The van der Waals surface area contributed by atoms with Crippen molar-refractivity contribution < 1.29 is 4.79 Å². The van der Waals surface area contributed by atoms with Gasteiger partial charge in [0.2, 0.25) is 5.91 Å². The van der Waals surface area contributed by atoms with E-state index in [0.29, 0.717) is 13.1 Å². The minimum absolute atomic E-state index is 0.148. The fourth-order valence-corrected chi connectivity index (χ4v) is 4.13. The molecule has 2 N–H and O–H groups in total. The van der Waals surface area contributed by atoms with Crippen LogP contribution >= 0.6 is 15.9 Å². The van der Waals surface area contributed by atoms with E-state index in [0.717, 1.165) is 41.3 Å². The minimum atomic E-state index is -0.191. The summed E-state index contributed by atoms with van der Waals surface area (Å²) in [5.74, 6) is 1.91. The van der Waals surface area contributed by atoms with Gasteiger partial charge in [-0.05, 0) is 38.0 Å². The van der Waals surface area contributed by atoms with Crippen LogP contribution < -0.4 is 15.8 Å². The molecule has 1 amide bonds. The number of carbonyl (C=O) groups excluding carboxylic acids is 1. The number of halogens is 1. The first-order chi connectivity index (χ1) is 13.5. The lowest BCUT2D eigenvalue weighted by molar-refractivity contribution is -0.133. The summed E-state index contributed by atoms with van der Waals surface area (Å²) < 4.78 is 1.06. The maximum Gasteiger partial charge on any atom is 0.241 e. The Labute approximate surface area is 173 Å². The van der Waals surface area contributed by atoms with E-state index in [4.69, 9.17) is 0 Å². The maximum atomic E-state index is 13.0. The molecule has 4 rings (SSSR count). The first-order valence-electron chi connectivity index (χ1n) is 9.62. The van der Waals surface area contributed by atoms with Crippen molar-refractivity contribution in [1.82, 2.24) is 25.7 Å². The molecule has 28 heavy (non-hydrogen) atoms. The van der Waals surface area contributed by atoms with Crippen LogP contribution in [-0.2, 0) is 4.79 Å². The Hall–Kier alpha value is -2.03. The fourth-order valence-electron chi connectivity index (χ4n) is 3.87. The van der Waals surface area contributed by atoms with Crippen LogP contribution in [-0.4, -0.2) is 53.0 Å². The second kappa shape index (κ2) is 8.14. The highest BCUT2D eigenvalue weighted by atomic mass is 79.9. The number of hydrazine groups is 1. The van der Waals surface area contributed by atoms with Gasteiger partial charge in [0.25, 0.3) is 0 Å². The maximum absolute atomic E-state index is 13.0. The van der Waals surface area contributed by atoms with Gasteiger partial charge >= 0.3 is 0 Å². The summed E-state index contributed by atoms with van der Waals surface area (Å²) in [6.45, 7) is 6.90. The first-order valence-corrected chi connectivity index (χ1v) is 10.4. The number of nitrogens with zero attached hydrogens (tertiary/aromatic N) is 4. The highest BCUT2D eigenvalue weighted by Crippen LogP contribution is 2.25. The zero-order chi connectivity index (χ0) is 19.7. The Morgan fingerprint density at radius 3 is 2.46 bits per heavy atom. The molecule has 2 aromatic rings. The molecule has 7 nitrogen and oxygen atoms in total. The van der Waals surface area contributed by atoms with E-state index in [-0.39, 0.29) is 18.0 Å². The van der Waals surface area contributed by atoms with Crippen molar-refractivity contribution in [3.8, 4) is 0 Å². The van der Waals surface area contributed by atoms with Gasteiger partial charge in [-0.3, -0.25) is 4.79 Å². The van der Waals surface area contributed by atoms with Gasteiger partial charge in [-0.15, -0.1) is 0 Å². The number of benzene rings is 1. The lowest BCUT2D eigenvalue weighted by Gasteiger charge is -2.36. The second-order valence-corrected chi connectivity index (χ2v) is 8.32. The Kier molecular flexibility index (Phi) is 5.61. The largest absolute Gasteiger partial charge is 0.353 e. The first kappa shape index (κ1) is 19.3. The van der Waals surface area contributed by atoms with Crippen LogP contribution in [0.5, 0.6) is 0 Å². The van der Waals surface area contributed by atoms with E-state index in [1.54, 1.807) is 0 Å². The molecule has 1 aromatic heterocycles. The number of carbonyl (C=O) groups is 1. The van der Waals surface area contributed by atoms with E-state index in [1.165, 1.54) is 5.56 Å². The molecule has 2 aliphatic rings. The van der Waals surface area contributed by atoms with Crippen LogP contribution in [0.15, 0.2) is 34.8 Å². The summed E-state index contributed by atoms with van der Waals surface area (Å²) in [4.78, 5) is 26.0. The molecule has 2 unspecified atom stereocenters. The molecule has 0 aliphatic carbocycles. The highest BCUT2D eigenvalue weighted by Gasteiger charge is 2.34. The van der Waals surface area contributed by atoms with Crippen LogP contribution in [0.25, 0.3) is 0 Å². The molecule has 0 radical (unpaired) electrons. The second-order valence-electron chi connectivity index (χ2n) is 7.41. The van der Waals surface area contributed by atoms with Gasteiger partial charge in [-0.25, -0.2) is 20.8 Å². The van der Waals surface area contributed by atoms with Gasteiger partial charge in [0.05, 0.1) is 0 Å². The van der Waals surface area contributed by atoms with Gasteiger partial charge in [0, 0.05) is 48.5 Å². The number of rotatable bonds is 3. The van der Waals surface area contributed by atoms with Crippen molar-refractivity contribution in [1.29, 1.82) is 0 Å². The van der Waals surface area contributed by atoms with E-state index < -0.39 is 0 Å². The third kappa shape index (κ3) is 4.19. The molecule has 0 saturated carbocycles. The van der Waals surface area contributed by atoms with Crippen LogP contribution in [0.2, 0.25) is 0 Å². The Balaban J connectivity index is 1.33. The standard InChI is InChI=1S/C20H25BrN6O/c1-13-11-19(23-14(2)22-13)26-7-9-27(10-8-26)20(28)18-12-17(24-25-18)15-3-5-16(21)6-4-15/h3-6,11,17-18,24-25H,7-10,12H2,1-2H3. The van der Waals surface area contributed by atoms with Crippen LogP contribution in [0.3, 0.4) is 0 Å². The topological polar surface area (TPSA) is 73.4 Å². The molecule has 0 spiro atoms. The van der Waals surface area contributed by atoms with E-state index in [1.807, 2.05) is 36.9 Å². The summed E-state index contributed by atoms with van der Waals surface area (Å²) >= 11 is 3.46. The molecule has 1 aromatic carbocycles. The zero-order valence-electron chi connectivity index (χ0n) is 16.2. The van der Waals surface area contributed by atoms with Crippen molar-refractivity contribution in [2.45, 2.75) is 32.4 Å². The van der Waals surface area contributed by atoms with Gasteiger partial charge in [-0.1, -0.05) is 28.1 Å². The van der Waals surface area contributed by atoms with Crippen molar-refractivity contribution >= 4 is 27.7 Å². The molecule has 148 valence electrons. The molecule has 0 bridgehead atoms. The SMILES string of the molecule is Cc1cc(N2CCN(C(=O)C3CC(c4ccc(Br)cc4)NN3)CC2)nc(C)n1. The van der Waals surface area contributed by atoms with E-state index >= 15 is 0 Å². The predicted octanol–water partition coefficient (Wildman–Crippen LogP) is 2.11. The number of amides is 1. The molecular weight excluding hydrogens is 420 g/mol. The summed E-state index contributed by atoms with van der Waals surface area (Å²) in [5, 5.41) is 0. The van der Waals surface area contributed by atoms with Gasteiger partial charge in [0.15, 0.2) is 0 Å². The molecule has 2 aliphatic heterocycles. The predicted molar refractivity (Wildman–Crippen MR) is 112 cm³/mol. The highest BCUT2D eigenvalue weighted by molar-refractivity contribution is 9.10. The average Bonchev–Trinajstić information content (AvgIpc) is 3.17. The number of nitrogens with one attached hydrogen (secondary N) is 2. The molecule has 3 heterocycles. The van der Waals surface area contributed by atoms with Crippen molar-refractivity contribution in [3.05, 3.63) is 51.9 Å². The number of hydrogen-bond acceptors (Lipinski definition) is 6. The third-order valence-electron chi connectivity index (χ3n) is 5.34. The molecule has 2 fully saturated rings. The summed E-state index contributed by atoms with van der Waals surface area (Å²) in [5.41, 5.74) is 8.62. The lowest BCUT2D eigenvalue weighted by Crippen LogP contribution is -2.53. The third-order valence-corrected chi connectivity index (χ3v) is 5.87. The number of aryl methyl sites for hydroxylation is 2.